The van der Waals surface area contributed by atoms with E-state index in [9.17, 15) is 9.18 Å². The first-order chi connectivity index (χ1) is 14.7. The molecule has 0 aromatic carbocycles. The average molecular weight is 443 g/mol. The molecule has 5 heterocycles. The third-order valence-corrected chi connectivity index (χ3v) is 5.75. The van der Waals surface area contributed by atoms with Crippen molar-refractivity contribution in [2.75, 3.05) is 6.54 Å². The molecule has 8 nitrogen and oxygen atoms in total. The van der Waals surface area contributed by atoms with Gasteiger partial charge in [-0.2, -0.15) is 5.10 Å². The molecule has 4 aromatic heterocycles. The lowest BCUT2D eigenvalue weighted by Gasteiger charge is -2.33. The fourth-order valence-electron chi connectivity index (χ4n) is 3.91. The van der Waals surface area contributed by atoms with Crippen molar-refractivity contribution >= 4 is 23.0 Å². The Labute approximate surface area is 182 Å². The van der Waals surface area contributed by atoms with Crippen LogP contribution in [0.25, 0.3) is 5.52 Å². The molecule has 0 bridgehead atoms. The molecule has 31 heavy (non-hydrogen) atoms. The van der Waals surface area contributed by atoms with Gasteiger partial charge in [-0.1, -0.05) is 11.6 Å². The molecule has 1 aliphatic heterocycles. The summed E-state index contributed by atoms with van der Waals surface area (Å²) in [5, 5.41) is 5.20. The van der Waals surface area contributed by atoms with Gasteiger partial charge in [-0.25, -0.2) is 18.9 Å². The number of hydrogen-bond acceptors (Lipinski definition) is 5. The number of H-pyrrole nitrogens is 1. The summed E-state index contributed by atoms with van der Waals surface area (Å²) in [6.45, 7) is 4.73. The van der Waals surface area contributed by atoms with Crippen LogP contribution >= 0.6 is 11.6 Å². The predicted molar refractivity (Wildman–Crippen MR) is 111 cm³/mol. The number of nitrogens with one attached hydrogen (secondary N) is 1. The monoisotopic (exact) mass is 442 g/mol. The van der Waals surface area contributed by atoms with Crippen LogP contribution in [-0.2, 0) is 12.1 Å². The van der Waals surface area contributed by atoms with E-state index in [-0.39, 0.29) is 17.6 Å². The molecule has 0 saturated heterocycles. The lowest BCUT2D eigenvalue weighted by Crippen LogP contribution is -2.41. The topological polar surface area (TPSA) is 92.3 Å². The number of hydrogen-bond donors (Lipinski definition) is 1. The maximum absolute atomic E-state index is 14.4. The Bertz CT molecular complexity index is 1300. The highest BCUT2D eigenvalue weighted by Gasteiger charge is 2.39. The molecule has 0 radical (unpaired) electrons. The summed E-state index contributed by atoms with van der Waals surface area (Å²) in [4.78, 5) is 26.9. The lowest BCUT2D eigenvalue weighted by atomic mass is 9.99. The number of oxazole rings is 1. The molecule has 1 aliphatic rings. The fraction of sp³-hybridized carbons (Fsp3) is 0.333. The highest BCUT2D eigenvalue weighted by molar-refractivity contribution is 6.33. The highest BCUT2D eigenvalue weighted by atomic mass is 35.5. The Kier molecular flexibility index (Phi) is 4.40. The van der Waals surface area contributed by atoms with Gasteiger partial charge in [0.2, 0.25) is 11.7 Å². The molecule has 1 atom stereocenters. The third-order valence-electron chi connectivity index (χ3n) is 5.43. The van der Waals surface area contributed by atoms with Crippen LogP contribution in [-0.4, -0.2) is 41.9 Å². The number of aryl methyl sites for hydroxylation is 1. The van der Waals surface area contributed by atoms with Gasteiger partial charge in [-0.15, -0.1) is 0 Å². The summed E-state index contributed by atoms with van der Waals surface area (Å²) in [6.07, 6.45) is 4.00. The maximum atomic E-state index is 14.4. The second-order valence-corrected chi connectivity index (χ2v) is 8.49. The van der Waals surface area contributed by atoms with Gasteiger partial charge in [0, 0.05) is 24.9 Å². The van der Waals surface area contributed by atoms with E-state index in [2.05, 4.69) is 20.1 Å². The van der Waals surface area contributed by atoms with Crippen LogP contribution in [0.2, 0.25) is 5.02 Å². The standard InChI is InChI=1S/C21H20ClFN6O2/c1-11-18(31-20(26-11)21(2,3)23)19(30)28-8-6-13-16(25-10-24-13)17(28)14-9-15-12(22)5-4-7-29(15)27-14/h4-5,7,9-10,17H,6,8H2,1-3H3,(H,24,25)/t17-/m0/s1. The number of imidazole rings is 1. The maximum Gasteiger partial charge on any atom is 0.292 e. The van der Waals surface area contributed by atoms with Crippen molar-refractivity contribution in [2.45, 2.75) is 38.9 Å². The number of amides is 1. The number of rotatable bonds is 3. The molecule has 160 valence electrons. The quantitative estimate of drug-likeness (QED) is 0.517. The molecule has 1 amide bonds. The Morgan fingerprint density at radius 3 is 2.94 bits per heavy atom. The van der Waals surface area contributed by atoms with Crippen molar-refractivity contribution in [1.82, 2.24) is 29.5 Å². The second kappa shape index (κ2) is 6.91. The zero-order valence-electron chi connectivity index (χ0n) is 17.2. The van der Waals surface area contributed by atoms with Crippen molar-refractivity contribution in [1.29, 1.82) is 0 Å². The third kappa shape index (κ3) is 3.20. The van der Waals surface area contributed by atoms with Crippen LogP contribution in [0, 0.1) is 6.92 Å². The second-order valence-electron chi connectivity index (χ2n) is 8.08. The minimum atomic E-state index is -1.79. The van der Waals surface area contributed by atoms with Crippen LogP contribution in [0.15, 0.2) is 35.1 Å². The fourth-order valence-corrected chi connectivity index (χ4v) is 4.12. The summed E-state index contributed by atoms with van der Waals surface area (Å²) in [7, 11) is 0. The summed E-state index contributed by atoms with van der Waals surface area (Å²) < 4.78 is 21.6. The number of halogens is 2. The van der Waals surface area contributed by atoms with E-state index >= 15 is 0 Å². The molecule has 0 aliphatic carbocycles. The van der Waals surface area contributed by atoms with Crippen LogP contribution in [0.3, 0.4) is 0 Å². The van der Waals surface area contributed by atoms with Gasteiger partial charge in [-0.3, -0.25) is 4.79 Å². The van der Waals surface area contributed by atoms with Gasteiger partial charge in [0.15, 0.2) is 5.67 Å². The predicted octanol–water partition coefficient (Wildman–Crippen LogP) is 4.00. The summed E-state index contributed by atoms with van der Waals surface area (Å²) >= 11 is 6.33. The van der Waals surface area contributed by atoms with E-state index in [1.54, 1.807) is 41.0 Å². The summed E-state index contributed by atoms with van der Waals surface area (Å²) in [5.41, 5.74) is 1.55. The SMILES string of the molecule is Cc1nc(C(C)(C)F)oc1C(=O)N1CCc2[nH]cnc2[C@@H]1c1cc2c(Cl)cccn2n1. The van der Waals surface area contributed by atoms with Crippen molar-refractivity contribution in [2.24, 2.45) is 0 Å². The Hall–Kier alpha value is -3.20. The number of fused-ring (bicyclic) bond motifs is 2. The molecule has 1 N–H and O–H groups in total. The first-order valence-electron chi connectivity index (χ1n) is 9.88. The Morgan fingerprint density at radius 2 is 2.23 bits per heavy atom. The van der Waals surface area contributed by atoms with E-state index in [1.165, 1.54) is 13.8 Å². The number of aromatic nitrogens is 5. The van der Waals surface area contributed by atoms with Gasteiger partial charge >= 0.3 is 0 Å². The normalized spacial score (nSPS) is 16.7. The van der Waals surface area contributed by atoms with Crippen LogP contribution in [0.5, 0.6) is 0 Å². The van der Waals surface area contributed by atoms with Crippen molar-refractivity contribution in [3.05, 3.63) is 70.2 Å². The average Bonchev–Trinajstić information content (AvgIpc) is 3.44. The van der Waals surface area contributed by atoms with E-state index < -0.39 is 11.7 Å². The number of aromatic amines is 1. The highest BCUT2D eigenvalue weighted by Crippen LogP contribution is 2.36. The van der Waals surface area contributed by atoms with Gasteiger partial charge in [0.1, 0.15) is 6.04 Å². The number of alkyl halides is 1. The smallest absolute Gasteiger partial charge is 0.292 e. The Balaban J connectivity index is 1.61. The molecular weight excluding hydrogens is 423 g/mol. The molecular formula is C21H20ClFN6O2. The molecule has 0 spiro atoms. The summed E-state index contributed by atoms with van der Waals surface area (Å²) in [5.74, 6) is -0.490. The minimum absolute atomic E-state index is 0.0199. The zero-order valence-corrected chi connectivity index (χ0v) is 17.9. The largest absolute Gasteiger partial charge is 0.432 e. The van der Waals surface area contributed by atoms with Crippen molar-refractivity contribution in [3.63, 3.8) is 0 Å². The van der Waals surface area contributed by atoms with Gasteiger partial charge in [0.05, 0.1) is 33.9 Å². The van der Waals surface area contributed by atoms with Crippen LogP contribution < -0.4 is 0 Å². The van der Waals surface area contributed by atoms with E-state index in [4.69, 9.17) is 16.0 Å². The molecule has 0 unspecified atom stereocenters. The molecule has 4 aromatic rings. The number of carbonyl (C=O) groups is 1. The minimum Gasteiger partial charge on any atom is -0.432 e. The van der Waals surface area contributed by atoms with Crippen molar-refractivity contribution < 1.29 is 13.6 Å². The van der Waals surface area contributed by atoms with Gasteiger partial charge in [-0.05, 0) is 39.0 Å². The summed E-state index contributed by atoms with van der Waals surface area (Å²) in [6, 6.07) is 4.88. The molecule has 0 fully saturated rings. The van der Waals surface area contributed by atoms with Crippen LogP contribution in [0.4, 0.5) is 4.39 Å². The Morgan fingerprint density at radius 1 is 1.42 bits per heavy atom. The van der Waals surface area contributed by atoms with E-state index in [0.29, 0.717) is 35.1 Å². The number of nitrogens with zero attached hydrogens (tertiary/aromatic N) is 5. The van der Waals surface area contributed by atoms with E-state index in [1.807, 2.05) is 6.07 Å². The zero-order chi connectivity index (χ0) is 21.9. The first kappa shape index (κ1) is 19.7. The first-order valence-corrected chi connectivity index (χ1v) is 10.3. The van der Waals surface area contributed by atoms with E-state index in [0.717, 1.165) is 11.2 Å². The van der Waals surface area contributed by atoms with Crippen LogP contribution in [0.1, 0.15) is 59.1 Å². The molecule has 0 saturated carbocycles. The molecule has 10 heteroatoms. The lowest BCUT2D eigenvalue weighted by molar-refractivity contribution is 0.0642. The number of carbonyl (C=O) groups excluding carboxylic acids is 1. The van der Waals surface area contributed by atoms with Gasteiger partial charge in [0.25, 0.3) is 5.91 Å². The van der Waals surface area contributed by atoms with Crippen molar-refractivity contribution in [3.8, 4) is 0 Å². The number of pyridine rings is 1. The molecule has 5 rings (SSSR count). The van der Waals surface area contributed by atoms with Gasteiger partial charge < -0.3 is 14.3 Å².